The van der Waals surface area contributed by atoms with E-state index in [9.17, 15) is 4.79 Å². The Morgan fingerprint density at radius 3 is 2.56 bits per heavy atom. The molecule has 0 spiro atoms. The van der Waals surface area contributed by atoms with E-state index in [0.29, 0.717) is 6.42 Å². The van der Waals surface area contributed by atoms with Gasteiger partial charge in [0.2, 0.25) is 5.91 Å². The van der Waals surface area contributed by atoms with Crippen LogP contribution < -0.4 is 5.32 Å². The first-order valence-electron chi connectivity index (χ1n) is 5.25. The van der Waals surface area contributed by atoms with Gasteiger partial charge in [-0.1, -0.05) is 11.6 Å². The molecule has 0 aliphatic heterocycles. The highest BCUT2D eigenvalue weighted by molar-refractivity contribution is 7.99. The van der Waals surface area contributed by atoms with E-state index in [-0.39, 0.29) is 11.9 Å². The van der Waals surface area contributed by atoms with Gasteiger partial charge in [-0.25, -0.2) is 0 Å². The fourth-order valence-electron chi connectivity index (χ4n) is 1.19. The van der Waals surface area contributed by atoms with Gasteiger partial charge in [-0.05, 0) is 38.1 Å². The van der Waals surface area contributed by atoms with E-state index >= 15 is 0 Å². The molecule has 0 unspecified atom stereocenters. The zero-order valence-electron chi connectivity index (χ0n) is 9.50. The maximum absolute atomic E-state index is 11.4. The zero-order chi connectivity index (χ0) is 12.0. The lowest BCUT2D eigenvalue weighted by molar-refractivity contribution is -0.121. The molecule has 88 valence electrons. The molecule has 0 heterocycles. The van der Waals surface area contributed by atoms with Crippen molar-refractivity contribution < 1.29 is 4.79 Å². The van der Waals surface area contributed by atoms with Crippen molar-refractivity contribution in [2.75, 3.05) is 5.75 Å². The van der Waals surface area contributed by atoms with Crippen molar-refractivity contribution in [2.24, 2.45) is 0 Å². The number of halogens is 1. The number of rotatable bonds is 5. The molecule has 0 saturated carbocycles. The van der Waals surface area contributed by atoms with Gasteiger partial charge in [-0.3, -0.25) is 4.79 Å². The maximum Gasteiger partial charge on any atom is 0.221 e. The summed E-state index contributed by atoms with van der Waals surface area (Å²) in [6.45, 7) is 3.93. The Bertz CT molecular complexity index is 337. The Kier molecular flexibility index (Phi) is 5.71. The summed E-state index contributed by atoms with van der Waals surface area (Å²) in [5.74, 6) is 0.900. The summed E-state index contributed by atoms with van der Waals surface area (Å²) < 4.78 is 0. The molecule has 0 fully saturated rings. The number of hydrogen-bond acceptors (Lipinski definition) is 2. The largest absolute Gasteiger partial charge is 0.354 e. The van der Waals surface area contributed by atoms with Crippen LogP contribution in [0.4, 0.5) is 0 Å². The number of hydrogen-bond donors (Lipinski definition) is 1. The average Bonchev–Trinajstić information content (AvgIpc) is 2.20. The fourth-order valence-corrected chi connectivity index (χ4v) is 2.16. The molecule has 1 aromatic rings. The van der Waals surface area contributed by atoms with E-state index in [4.69, 9.17) is 11.6 Å². The SMILES string of the molecule is CC(C)NC(=O)CCSc1ccc(Cl)cc1. The Balaban J connectivity index is 2.25. The van der Waals surface area contributed by atoms with E-state index in [1.54, 1.807) is 11.8 Å². The first kappa shape index (κ1) is 13.4. The molecule has 0 aliphatic carbocycles. The Morgan fingerprint density at radius 1 is 1.38 bits per heavy atom. The first-order valence-corrected chi connectivity index (χ1v) is 6.62. The Hall–Kier alpha value is -0.670. The van der Waals surface area contributed by atoms with Crippen molar-refractivity contribution in [1.29, 1.82) is 0 Å². The number of carbonyl (C=O) groups is 1. The van der Waals surface area contributed by atoms with Crippen LogP contribution >= 0.6 is 23.4 Å². The number of nitrogens with one attached hydrogen (secondary N) is 1. The van der Waals surface area contributed by atoms with Crippen molar-refractivity contribution in [2.45, 2.75) is 31.2 Å². The summed E-state index contributed by atoms with van der Waals surface area (Å²) in [7, 11) is 0. The molecule has 0 bridgehead atoms. The van der Waals surface area contributed by atoms with Gasteiger partial charge >= 0.3 is 0 Å². The minimum atomic E-state index is 0.108. The van der Waals surface area contributed by atoms with Crippen molar-refractivity contribution in [3.8, 4) is 0 Å². The Morgan fingerprint density at radius 2 is 2.00 bits per heavy atom. The van der Waals surface area contributed by atoms with Gasteiger partial charge in [0, 0.05) is 28.1 Å². The summed E-state index contributed by atoms with van der Waals surface area (Å²) in [6, 6.07) is 7.87. The van der Waals surface area contributed by atoms with Gasteiger partial charge in [0.25, 0.3) is 0 Å². The van der Waals surface area contributed by atoms with E-state index in [0.717, 1.165) is 15.7 Å². The van der Waals surface area contributed by atoms with Crippen LogP contribution in [0.5, 0.6) is 0 Å². The highest BCUT2D eigenvalue weighted by Crippen LogP contribution is 2.20. The molecule has 0 atom stereocenters. The molecule has 2 nitrogen and oxygen atoms in total. The van der Waals surface area contributed by atoms with Gasteiger partial charge in [0.1, 0.15) is 0 Å². The molecule has 0 aromatic heterocycles. The van der Waals surface area contributed by atoms with Crippen molar-refractivity contribution in [3.05, 3.63) is 29.3 Å². The molecule has 16 heavy (non-hydrogen) atoms. The second-order valence-corrected chi connectivity index (χ2v) is 5.38. The van der Waals surface area contributed by atoms with Crippen molar-refractivity contribution in [1.82, 2.24) is 5.32 Å². The van der Waals surface area contributed by atoms with Crippen LogP contribution in [0.2, 0.25) is 5.02 Å². The van der Waals surface area contributed by atoms with E-state index in [1.165, 1.54) is 0 Å². The third-order valence-electron chi connectivity index (χ3n) is 1.86. The first-order chi connectivity index (χ1) is 7.58. The number of thioether (sulfide) groups is 1. The molecule has 1 amide bonds. The number of carbonyl (C=O) groups excluding carboxylic acids is 1. The van der Waals surface area contributed by atoms with E-state index in [1.807, 2.05) is 38.1 Å². The molecule has 0 aliphatic rings. The molecular formula is C12H16ClNOS. The van der Waals surface area contributed by atoms with Crippen LogP contribution in [-0.4, -0.2) is 17.7 Å². The van der Waals surface area contributed by atoms with Crippen LogP contribution in [-0.2, 0) is 4.79 Å². The standard InChI is InChI=1S/C12H16ClNOS/c1-9(2)14-12(15)7-8-16-11-5-3-10(13)4-6-11/h3-6,9H,7-8H2,1-2H3,(H,14,15). The summed E-state index contributed by atoms with van der Waals surface area (Å²) in [5.41, 5.74) is 0. The second-order valence-electron chi connectivity index (χ2n) is 3.77. The highest BCUT2D eigenvalue weighted by Gasteiger charge is 2.03. The van der Waals surface area contributed by atoms with Gasteiger partial charge in [-0.15, -0.1) is 11.8 Å². The van der Waals surface area contributed by atoms with Crippen molar-refractivity contribution in [3.63, 3.8) is 0 Å². The van der Waals surface area contributed by atoms with Crippen molar-refractivity contribution >= 4 is 29.3 Å². The highest BCUT2D eigenvalue weighted by atomic mass is 35.5. The predicted octanol–water partition coefficient (Wildman–Crippen LogP) is 3.35. The molecule has 1 rings (SSSR count). The van der Waals surface area contributed by atoms with Gasteiger partial charge in [0.05, 0.1) is 0 Å². The normalized spacial score (nSPS) is 10.5. The quantitative estimate of drug-likeness (QED) is 0.820. The predicted molar refractivity (Wildman–Crippen MR) is 70.1 cm³/mol. The van der Waals surface area contributed by atoms with Crippen LogP contribution in [0, 0.1) is 0 Å². The molecular weight excluding hydrogens is 242 g/mol. The third kappa shape index (κ3) is 5.42. The van der Waals surface area contributed by atoms with Crippen LogP contribution in [0.3, 0.4) is 0 Å². The lowest BCUT2D eigenvalue weighted by atomic mass is 10.3. The fraction of sp³-hybridized carbons (Fsp3) is 0.417. The monoisotopic (exact) mass is 257 g/mol. The zero-order valence-corrected chi connectivity index (χ0v) is 11.1. The summed E-state index contributed by atoms with van der Waals surface area (Å²) in [6.07, 6.45) is 0.547. The Labute approximate surface area is 106 Å². The molecule has 0 radical (unpaired) electrons. The number of amides is 1. The summed E-state index contributed by atoms with van der Waals surface area (Å²) in [4.78, 5) is 12.5. The lowest BCUT2D eigenvalue weighted by Crippen LogP contribution is -2.30. The minimum Gasteiger partial charge on any atom is -0.354 e. The topological polar surface area (TPSA) is 29.1 Å². The van der Waals surface area contributed by atoms with E-state index < -0.39 is 0 Å². The lowest BCUT2D eigenvalue weighted by Gasteiger charge is -2.07. The minimum absolute atomic E-state index is 0.108. The van der Waals surface area contributed by atoms with Gasteiger partial charge in [0.15, 0.2) is 0 Å². The smallest absolute Gasteiger partial charge is 0.221 e. The number of benzene rings is 1. The van der Waals surface area contributed by atoms with Gasteiger partial charge in [-0.2, -0.15) is 0 Å². The summed E-state index contributed by atoms with van der Waals surface area (Å²) in [5, 5.41) is 3.60. The van der Waals surface area contributed by atoms with Crippen LogP contribution in [0.1, 0.15) is 20.3 Å². The molecule has 1 N–H and O–H groups in total. The average molecular weight is 258 g/mol. The third-order valence-corrected chi connectivity index (χ3v) is 3.13. The van der Waals surface area contributed by atoms with E-state index in [2.05, 4.69) is 5.32 Å². The second kappa shape index (κ2) is 6.81. The maximum atomic E-state index is 11.4. The molecule has 1 aromatic carbocycles. The molecule has 0 saturated heterocycles. The summed E-state index contributed by atoms with van der Waals surface area (Å²) >= 11 is 7.45. The van der Waals surface area contributed by atoms with Gasteiger partial charge < -0.3 is 5.32 Å². The van der Waals surface area contributed by atoms with Crippen LogP contribution in [0.15, 0.2) is 29.2 Å². The van der Waals surface area contributed by atoms with Crippen LogP contribution in [0.25, 0.3) is 0 Å². The molecule has 4 heteroatoms.